The summed E-state index contributed by atoms with van der Waals surface area (Å²) in [5.41, 5.74) is 1.11. The van der Waals surface area contributed by atoms with Crippen LogP contribution in [0, 0.1) is 0 Å². The van der Waals surface area contributed by atoms with Crippen LogP contribution in [-0.2, 0) is 9.53 Å². The first-order chi connectivity index (χ1) is 18.1. The molecule has 0 saturated heterocycles. The zero-order valence-electron chi connectivity index (χ0n) is 22.5. The standard InChI is InChI=1S/C30H41NO6/c1-4-36-30(33)18-12-10-8-6-5-7-9-11-15-21-37-28-22-24(31-23-29(28)35-3)19-20-26(32)25-16-13-14-17-27(25)34-2/h13-14,16-17,19-20,22-23H,4-12,15,18,21H2,1-3H3. The fraction of sp³-hybridized carbons (Fsp3) is 0.500. The third kappa shape index (κ3) is 11.5. The van der Waals surface area contributed by atoms with Crippen LogP contribution < -0.4 is 14.2 Å². The SMILES string of the molecule is CCOC(=O)CCCCCCCCCCCOc1cc(C=CC(=O)c2ccccc2OC)ncc1OC. The number of hydrogen-bond acceptors (Lipinski definition) is 7. The molecule has 7 heteroatoms. The molecule has 0 fully saturated rings. The van der Waals surface area contributed by atoms with Crippen molar-refractivity contribution in [1.29, 1.82) is 0 Å². The number of esters is 1. The highest BCUT2D eigenvalue weighted by molar-refractivity contribution is 6.08. The van der Waals surface area contributed by atoms with Crippen molar-refractivity contribution < 1.29 is 28.5 Å². The van der Waals surface area contributed by atoms with E-state index in [0.29, 0.717) is 48.1 Å². The molecule has 2 rings (SSSR count). The van der Waals surface area contributed by atoms with Crippen LogP contribution in [-0.4, -0.2) is 44.2 Å². The van der Waals surface area contributed by atoms with Crippen LogP contribution in [0.2, 0.25) is 0 Å². The lowest BCUT2D eigenvalue weighted by atomic mass is 10.1. The van der Waals surface area contributed by atoms with Gasteiger partial charge < -0.3 is 18.9 Å². The Labute approximate surface area is 221 Å². The maximum atomic E-state index is 12.6. The predicted molar refractivity (Wildman–Crippen MR) is 145 cm³/mol. The Balaban J connectivity index is 1.67. The molecule has 1 heterocycles. The average molecular weight is 512 g/mol. The summed E-state index contributed by atoms with van der Waals surface area (Å²) in [5, 5.41) is 0. The monoisotopic (exact) mass is 511 g/mol. The Hall–Kier alpha value is -3.35. The molecule has 0 aliphatic rings. The molecule has 0 aliphatic carbocycles. The molecular formula is C30H41NO6. The number of rotatable bonds is 19. The maximum absolute atomic E-state index is 12.6. The van der Waals surface area contributed by atoms with E-state index in [0.717, 1.165) is 25.7 Å². The number of benzene rings is 1. The van der Waals surface area contributed by atoms with Crippen molar-refractivity contribution in [2.24, 2.45) is 0 Å². The molecule has 1 aromatic heterocycles. The first-order valence-electron chi connectivity index (χ1n) is 13.3. The molecule has 37 heavy (non-hydrogen) atoms. The van der Waals surface area contributed by atoms with E-state index in [9.17, 15) is 9.59 Å². The highest BCUT2D eigenvalue weighted by atomic mass is 16.5. The fourth-order valence-corrected chi connectivity index (χ4v) is 3.92. The number of para-hydroxylation sites is 1. The van der Waals surface area contributed by atoms with Crippen molar-refractivity contribution in [3.63, 3.8) is 0 Å². The maximum Gasteiger partial charge on any atom is 0.305 e. The number of hydrogen-bond donors (Lipinski definition) is 0. The van der Waals surface area contributed by atoms with E-state index >= 15 is 0 Å². The molecule has 0 atom stereocenters. The van der Waals surface area contributed by atoms with Crippen LogP contribution >= 0.6 is 0 Å². The van der Waals surface area contributed by atoms with Gasteiger partial charge in [-0.1, -0.05) is 57.1 Å². The third-order valence-corrected chi connectivity index (χ3v) is 5.94. The lowest BCUT2D eigenvalue weighted by Crippen LogP contribution is -2.03. The number of ketones is 1. The number of unbranched alkanes of at least 4 members (excludes halogenated alkanes) is 8. The number of carbonyl (C=O) groups is 2. The van der Waals surface area contributed by atoms with Gasteiger partial charge in [-0.3, -0.25) is 14.6 Å². The van der Waals surface area contributed by atoms with Gasteiger partial charge in [0.05, 0.1) is 44.9 Å². The summed E-state index contributed by atoms with van der Waals surface area (Å²) < 4.78 is 21.6. The number of allylic oxidation sites excluding steroid dienone is 1. The predicted octanol–water partition coefficient (Wildman–Crippen LogP) is 6.84. The Morgan fingerprint density at radius 3 is 2.16 bits per heavy atom. The van der Waals surface area contributed by atoms with Gasteiger partial charge in [-0.15, -0.1) is 0 Å². The van der Waals surface area contributed by atoms with E-state index in [2.05, 4.69) is 4.98 Å². The normalized spacial score (nSPS) is 10.9. The van der Waals surface area contributed by atoms with Crippen LogP contribution in [0.5, 0.6) is 17.2 Å². The van der Waals surface area contributed by atoms with Gasteiger partial charge in [0.15, 0.2) is 17.3 Å². The van der Waals surface area contributed by atoms with E-state index in [1.165, 1.54) is 38.2 Å². The highest BCUT2D eigenvalue weighted by Gasteiger charge is 2.10. The largest absolute Gasteiger partial charge is 0.496 e. The Bertz CT molecular complexity index is 988. The van der Waals surface area contributed by atoms with Gasteiger partial charge in [0.2, 0.25) is 0 Å². The van der Waals surface area contributed by atoms with Crippen LogP contribution in [0.25, 0.3) is 6.08 Å². The molecule has 202 valence electrons. The fourth-order valence-electron chi connectivity index (χ4n) is 3.92. The van der Waals surface area contributed by atoms with Gasteiger partial charge in [0, 0.05) is 12.5 Å². The number of pyridine rings is 1. The third-order valence-electron chi connectivity index (χ3n) is 5.94. The number of ether oxygens (including phenoxy) is 4. The van der Waals surface area contributed by atoms with Gasteiger partial charge in [0.25, 0.3) is 0 Å². The molecule has 7 nitrogen and oxygen atoms in total. The molecule has 0 aliphatic heterocycles. The number of aromatic nitrogens is 1. The van der Waals surface area contributed by atoms with Crippen LogP contribution in [0.4, 0.5) is 0 Å². The van der Waals surface area contributed by atoms with Gasteiger partial charge in [-0.25, -0.2) is 0 Å². The van der Waals surface area contributed by atoms with Crippen LogP contribution in [0.15, 0.2) is 42.6 Å². The quantitative estimate of drug-likeness (QED) is 0.0883. The lowest BCUT2D eigenvalue weighted by molar-refractivity contribution is -0.143. The molecule has 0 N–H and O–H groups in total. The minimum Gasteiger partial charge on any atom is -0.496 e. The molecule has 0 radical (unpaired) electrons. The van der Waals surface area contributed by atoms with Crippen molar-refractivity contribution in [2.75, 3.05) is 27.4 Å². The van der Waals surface area contributed by atoms with E-state index in [1.54, 1.807) is 50.8 Å². The van der Waals surface area contributed by atoms with Crippen LogP contribution in [0.1, 0.15) is 87.2 Å². The molecule has 0 unspecified atom stereocenters. The Morgan fingerprint density at radius 2 is 1.49 bits per heavy atom. The smallest absolute Gasteiger partial charge is 0.305 e. The zero-order valence-corrected chi connectivity index (χ0v) is 22.5. The zero-order chi connectivity index (χ0) is 26.7. The molecular weight excluding hydrogens is 470 g/mol. The van der Waals surface area contributed by atoms with E-state index in [1.807, 2.05) is 13.0 Å². The molecule has 1 aromatic carbocycles. The van der Waals surface area contributed by atoms with Crippen LogP contribution in [0.3, 0.4) is 0 Å². The van der Waals surface area contributed by atoms with Crippen molar-refractivity contribution >= 4 is 17.8 Å². The summed E-state index contributed by atoms with van der Waals surface area (Å²) in [6.45, 7) is 2.90. The highest BCUT2D eigenvalue weighted by Crippen LogP contribution is 2.27. The van der Waals surface area contributed by atoms with Gasteiger partial charge >= 0.3 is 5.97 Å². The van der Waals surface area contributed by atoms with Crippen molar-refractivity contribution in [3.8, 4) is 17.2 Å². The Kier molecular flexibility index (Phi) is 14.5. The minimum absolute atomic E-state index is 0.0824. The summed E-state index contributed by atoms with van der Waals surface area (Å²) in [5.74, 6) is 1.48. The van der Waals surface area contributed by atoms with E-state index in [-0.39, 0.29) is 11.8 Å². The molecule has 0 spiro atoms. The van der Waals surface area contributed by atoms with Crippen molar-refractivity contribution in [2.45, 2.75) is 71.1 Å². The summed E-state index contributed by atoms with van der Waals surface area (Å²) in [7, 11) is 3.13. The molecule has 2 aromatic rings. The van der Waals surface area contributed by atoms with E-state index in [4.69, 9.17) is 18.9 Å². The minimum atomic E-state index is -0.158. The number of carbonyl (C=O) groups excluding carboxylic acids is 2. The van der Waals surface area contributed by atoms with Gasteiger partial charge in [-0.2, -0.15) is 0 Å². The van der Waals surface area contributed by atoms with Crippen molar-refractivity contribution in [3.05, 3.63) is 53.9 Å². The second-order valence-corrected chi connectivity index (χ2v) is 8.74. The van der Waals surface area contributed by atoms with Gasteiger partial charge in [-0.05, 0) is 44.1 Å². The molecule has 0 bridgehead atoms. The Morgan fingerprint density at radius 1 is 0.838 bits per heavy atom. The summed E-state index contributed by atoms with van der Waals surface area (Å²) in [4.78, 5) is 28.2. The molecule has 0 amide bonds. The second-order valence-electron chi connectivity index (χ2n) is 8.74. The average Bonchev–Trinajstić information content (AvgIpc) is 2.92. The lowest BCUT2D eigenvalue weighted by Gasteiger charge is -2.11. The van der Waals surface area contributed by atoms with Gasteiger partial charge in [0.1, 0.15) is 5.75 Å². The first-order valence-corrected chi connectivity index (χ1v) is 13.3. The van der Waals surface area contributed by atoms with Crippen molar-refractivity contribution in [1.82, 2.24) is 4.98 Å². The van der Waals surface area contributed by atoms with E-state index < -0.39 is 0 Å². The summed E-state index contributed by atoms with van der Waals surface area (Å²) >= 11 is 0. The second kappa shape index (κ2) is 18.0. The number of methoxy groups -OCH3 is 2. The number of nitrogens with zero attached hydrogens (tertiary/aromatic N) is 1. The summed E-state index contributed by atoms with van der Waals surface area (Å²) in [6, 6.07) is 8.91. The molecule has 0 saturated carbocycles. The first kappa shape index (κ1) is 29.9. The summed E-state index contributed by atoms with van der Waals surface area (Å²) in [6.07, 6.45) is 15.4. The topological polar surface area (TPSA) is 84.0 Å².